The fraction of sp³-hybridized carbons (Fsp3) is 0.318. The van der Waals surface area contributed by atoms with Crippen molar-refractivity contribution in [1.29, 1.82) is 0 Å². The molecule has 11 nitrogen and oxygen atoms in total. The van der Waals surface area contributed by atoms with Crippen molar-refractivity contribution in [1.82, 2.24) is 0 Å². The number of non-ortho nitro benzene ring substituents is 1. The Labute approximate surface area is 188 Å². The lowest BCUT2D eigenvalue weighted by atomic mass is 9.75. The first kappa shape index (κ1) is 22.1. The summed E-state index contributed by atoms with van der Waals surface area (Å²) in [7, 11) is 3.09. The van der Waals surface area contributed by atoms with Crippen LogP contribution in [-0.2, 0) is 6.42 Å². The number of ether oxygens (including phenoxy) is 2. The molecule has 0 amide bonds. The van der Waals surface area contributed by atoms with Gasteiger partial charge in [-0.15, -0.1) is 0 Å². The first-order valence-electron chi connectivity index (χ1n) is 10.1. The third-order valence-electron chi connectivity index (χ3n) is 5.54. The van der Waals surface area contributed by atoms with Crippen molar-refractivity contribution in [3.63, 3.8) is 0 Å². The van der Waals surface area contributed by atoms with Gasteiger partial charge in [0, 0.05) is 29.5 Å². The highest BCUT2D eigenvalue weighted by Gasteiger charge is 2.35. The molecule has 4 rings (SSSR count). The molecule has 172 valence electrons. The maximum atomic E-state index is 11.5. The van der Waals surface area contributed by atoms with Gasteiger partial charge in [-0.3, -0.25) is 25.7 Å². The molecule has 1 aliphatic rings. The van der Waals surface area contributed by atoms with Crippen molar-refractivity contribution in [3.8, 4) is 11.5 Å². The minimum atomic E-state index is -0.684. The molecular formula is C22H22N4O7. The number of nitro groups is 2. The number of hydrogen-bond acceptors (Lipinski definition) is 9. The van der Waals surface area contributed by atoms with E-state index >= 15 is 0 Å². The highest BCUT2D eigenvalue weighted by atomic mass is 16.6. The number of fused-ring (bicyclic) bond motifs is 3. The SMILES string of the molecule is COc1cc2oc3c(c2cc1OC)/C(=N/Nc1ccc([N+](=O)[O-])cc1[N+](=O)[O-])CC(C)(C)C3. The van der Waals surface area contributed by atoms with Crippen LogP contribution in [0.2, 0.25) is 0 Å². The second-order valence-electron chi connectivity index (χ2n) is 8.51. The number of nitro benzene ring substituents is 2. The molecule has 0 bridgehead atoms. The van der Waals surface area contributed by atoms with Crippen LogP contribution in [0.1, 0.15) is 31.6 Å². The first-order valence-corrected chi connectivity index (χ1v) is 10.1. The second kappa shape index (κ2) is 8.08. The van der Waals surface area contributed by atoms with Crippen LogP contribution >= 0.6 is 0 Å². The Kier molecular flexibility index (Phi) is 5.40. The summed E-state index contributed by atoms with van der Waals surface area (Å²) >= 11 is 0. The van der Waals surface area contributed by atoms with Crippen LogP contribution in [0.4, 0.5) is 17.1 Å². The number of hydrogen-bond donors (Lipinski definition) is 1. The van der Waals surface area contributed by atoms with Crippen molar-refractivity contribution >= 4 is 33.7 Å². The largest absolute Gasteiger partial charge is 0.493 e. The number of hydrazone groups is 1. The molecule has 0 unspecified atom stereocenters. The molecule has 2 aromatic carbocycles. The van der Waals surface area contributed by atoms with Crippen molar-refractivity contribution in [2.75, 3.05) is 19.6 Å². The second-order valence-corrected chi connectivity index (χ2v) is 8.51. The van der Waals surface area contributed by atoms with Gasteiger partial charge in [-0.25, -0.2) is 0 Å². The average Bonchev–Trinajstić information content (AvgIpc) is 3.11. The maximum absolute atomic E-state index is 11.5. The Morgan fingerprint density at radius 1 is 1.03 bits per heavy atom. The molecule has 11 heteroatoms. The van der Waals surface area contributed by atoms with Gasteiger partial charge in [0.2, 0.25) is 0 Å². The predicted molar refractivity (Wildman–Crippen MR) is 121 cm³/mol. The molecular weight excluding hydrogens is 432 g/mol. The lowest BCUT2D eigenvalue weighted by molar-refractivity contribution is -0.393. The summed E-state index contributed by atoms with van der Waals surface area (Å²) in [5.74, 6) is 1.82. The van der Waals surface area contributed by atoms with Crippen molar-refractivity contribution in [2.45, 2.75) is 26.7 Å². The number of rotatable bonds is 6. The van der Waals surface area contributed by atoms with Gasteiger partial charge in [0.1, 0.15) is 17.0 Å². The Balaban J connectivity index is 1.82. The van der Waals surface area contributed by atoms with Crippen molar-refractivity contribution in [2.24, 2.45) is 10.5 Å². The fourth-order valence-electron chi connectivity index (χ4n) is 4.06. The number of furan rings is 1. The molecule has 0 atom stereocenters. The number of nitrogens with one attached hydrogen (secondary N) is 1. The molecule has 1 aliphatic carbocycles. The van der Waals surface area contributed by atoms with E-state index in [0.29, 0.717) is 35.6 Å². The molecule has 0 fully saturated rings. The van der Waals surface area contributed by atoms with Gasteiger partial charge in [0.25, 0.3) is 5.69 Å². The van der Waals surface area contributed by atoms with E-state index in [1.54, 1.807) is 20.3 Å². The van der Waals surface area contributed by atoms with E-state index in [1.165, 1.54) is 12.1 Å². The number of anilines is 1. The summed E-state index contributed by atoms with van der Waals surface area (Å²) in [5, 5.41) is 27.7. The van der Waals surface area contributed by atoms with E-state index in [9.17, 15) is 20.2 Å². The van der Waals surface area contributed by atoms with E-state index < -0.39 is 15.5 Å². The summed E-state index contributed by atoms with van der Waals surface area (Å²) in [6, 6.07) is 6.94. The molecule has 1 N–H and O–H groups in total. The van der Waals surface area contributed by atoms with Gasteiger partial charge in [-0.05, 0) is 24.0 Å². The molecule has 0 aliphatic heterocycles. The third kappa shape index (κ3) is 4.04. The Morgan fingerprint density at radius 2 is 1.73 bits per heavy atom. The van der Waals surface area contributed by atoms with Crippen LogP contribution in [0.5, 0.6) is 11.5 Å². The molecule has 0 saturated carbocycles. The summed E-state index contributed by atoms with van der Waals surface area (Å²) in [6.45, 7) is 4.16. The zero-order chi connectivity index (χ0) is 23.9. The molecule has 0 spiro atoms. The third-order valence-corrected chi connectivity index (χ3v) is 5.54. The van der Waals surface area contributed by atoms with Crippen LogP contribution in [0.25, 0.3) is 11.0 Å². The fourth-order valence-corrected chi connectivity index (χ4v) is 4.06. The quantitative estimate of drug-likeness (QED) is 0.402. The number of benzene rings is 2. The molecule has 0 radical (unpaired) electrons. The number of methoxy groups -OCH3 is 2. The van der Waals surface area contributed by atoms with Crippen LogP contribution in [0.15, 0.2) is 39.9 Å². The Morgan fingerprint density at radius 3 is 2.36 bits per heavy atom. The summed E-state index contributed by atoms with van der Waals surface area (Å²) in [6.07, 6.45) is 1.26. The van der Waals surface area contributed by atoms with Crippen molar-refractivity contribution in [3.05, 3.63) is 61.9 Å². The molecule has 0 saturated heterocycles. The van der Waals surface area contributed by atoms with Gasteiger partial charge >= 0.3 is 5.69 Å². The lowest BCUT2D eigenvalue weighted by Crippen LogP contribution is -2.27. The molecule has 1 aromatic heterocycles. The monoisotopic (exact) mass is 454 g/mol. The van der Waals surface area contributed by atoms with Gasteiger partial charge in [-0.1, -0.05) is 13.8 Å². The molecule has 33 heavy (non-hydrogen) atoms. The Bertz CT molecular complexity index is 1310. The highest BCUT2D eigenvalue weighted by molar-refractivity contribution is 6.13. The zero-order valence-corrected chi connectivity index (χ0v) is 18.5. The van der Waals surface area contributed by atoms with E-state index in [0.717, 1.165) is 22.8 Å². The maximum Gasteiger partial charge on any atom is 0.301 e. The van der Waals surface area contributed by atoms with Gasteiger partial charge in [0.15, 0.2) is 11.5 Å². The summed E-state index contributed by atoms with van der Waals surface area (Å²) < 4.78 is 16.9. The zero-order valence-electron chi connectivity index (χ0n) is 18.5. The van der Waals surface area contributed by atoms with E-state index in [2.05, 4.69) is 24.4 Å². The first-order chi connectivity index (χ1) is 15.6. The molecule has 3 aromatic rings. The Hall–Kier alpha value is -4.15. The van der Waals surface area contributed by atoms with Crippen LogP contribution in [0.3, 0.4) is 0 Å². The highest BCUT2D eigenvalue weighted by Crippen LogP contribution is 2.43. The standard InChI is InChI=1S/C22H22N4O7/c1-22(2)10-15(24-23-14-6-5-12(25(27)28)7-16(14)26(29)30)21-13-8-18(31-3)19(32-4)9-17(13)33-20(21)11-22/h5-9,23H,10-11H2,1-4H3/b24-15+. The van der Waals surface area contributed by atoms with Crippen LogP contribution < -0.4 is 14.9 Å². The summed E-state index contributed by atoms with van der Waals surface area (Å²) in [4.78, 5) is 21.1. The van der Waals surface area contributed by atoms with Gasteiger partial charge < -0.3 is 13.9 Å². The van der Waals surface area contributed by atoms with Gasteiger partial charge in [-0.2, -0.15) is 5.10 Å². The lowest BCUT2D eigenvalue weighted by Gasteiger charge is -2.29. The summed E-state index contributed by atoms with van der Waals surface area (Å²) in [5.41, 5.74) is 3.87. The van der Waals surface area contributed by atoms with Gasteiger partial charge in [0.05, 0.1) is 35.8 Å². The van der Waals surface area contributed by atoms with E-state index in [1.807, 2.05) is 6.07 Å². The molecule has 1 heterocycles. The smallest absolute Gasteiger partial charge is 0.301 e. The van der Waals surface area contributed by atoms with Crippen LogP contribution in [-0.4, -0.2) is 29.8 Å². The van der Waals surface area contributed by atoms with Crippen LogP contribution in [0, 0.1) is 25.6 Å². The van der Waals surface area contributed by atoms with E-state index in [4.69, 9.17) is 13.9 Å². The topological polar surface area (TPSA) is 142 Å². The van der Waals surface area contributed by atoms with Crippen molar-refractivity contribution < 1.29 is 23.7 Å². The average molecular weight is 454 g/mol. The predicted octanol–water partition coefficient (Wildman–Crippen LogP) is 5.06. The minimum absolute atomic E-state index is 0.0510. The van der Waals surface area contributed by atoms with E-state index in [-0.39, 0.29) is 16.8 Å². The minimum Gasteiger partial charge on any atom is -0.493 e. The normalized spacial score (nSPS) is 15.8. The number of nitrogens with zero attached hydrogens (tertiary/aromatic N) is 3.